The molecule has 0 saturated carbocycles. The van der Waals surface area contributed by atoms with Gasteiger partial charge in [0, 0.05) is 37.6 Å². The van der Waals surface area contributed by atoms with Gasteiger partial charge in [-0.1, -0.05) is 0 Å². The minimum absolute atomic E-state index is 0.189. The number of imide groups is 1. The summed E-state index contributed by atoms with van der Waals surface area (Å²) in [6, 6.07) is 9.26. The number of hydrogen-bond acceptors (Lipinski definition) is 5. The minimum Gasteiger partial charge on any atom is -0.296 e. The molecular formula is C19H19BrFN3O2S. The molecule has 5 nitrogen and oxygen atoms in total. The number of carbonyl (C=O) groups is 2. The fourth-order valence-electron chi connectivity index (χ4n) is 3.65. The predicted molar refractivity (Wildman–Crippen MR) is 106 cm³/mol. The van der Waals surface area contributed by atoms with Crippen molar-refractivity contribution >= 4 is 44.8 Å². The third-order valence-corrected chi connectivity index (χ3v) is 6.67. The SMILES string of the molecule is O=C1CC(N2CCN(Cc3ccc(Br)s3)CC2)C(=O)N1c1ccc(F)cc1. The highest BCUT2D eigenvalue weighted by Crippen LogP contribution is 2.27. The lowest BCUT2D eigenvalue weighted by Gasteiger charge is -2.36. The van der Waals surface area contributed by atoms with Crippen molar-refractivity contribution in [1.29, 1.82) is 0 Å². The lowest BCUT2D eigenvalue weighted by Crippen LogP contribution is -2.52. The van der Waals surface area contributed by atoms with Crippen molar-refractivity contribution in [3.05, 3.63) is 50.9 Å². The maximum Gasteiger partial charge on any atom is 0.251 e. The van der Waals surface area contributed by atoms with Gasteiger partial charge >= 0.3 is 0 Å². The zero-order chi connectivity index (χ0) is 19.0. The molecule has 1 unspecified atom stereocenters. The number of rotatable bonds is 4. The molecule has 4 rings (SSSR count). The Balaban J connectivity index is 1.38. The lowest BCUT2D eigenvalue weighted by molar-refractivity contribution is -0.123. The van der Waals surface area contributed by atoms with Crippen molar-refractivity contribution in [2.45, 2.75) is 19.0 Å². The van der Waals surface area contributed by atoms with E-state index >= 15 is 0 Å². The minimum atomic E-state index is -0.416. The molecule has 142 valence electrons. The number of hydrogen-bond donors (Lipinski definition) is 0. The molecule has 2 saturated heterocycles. The van der Waals surface area contributed by atoms with Crippen molar-refractivity contribution in [3.8, 4) is 0 Å². The van der Waals surface area contributed by atoms with Gasteiger partial charge in [-0.05, 0) is 52.3 Å². The molecule has 8 heteroatoms. The van der Waals surface area contributed by atoms with E-state index in [0.717, 1.165) is 36.5 Å². The third kappa shape index (κ3) is 3.99. The van der Waals surface area contributed by atoms with Crippen LogP contribution in [-0.4, -0.2) is 53.8 Å². The molecule has 1 aromatic heterocycles. The summed E-state index contributed by atoms with van der Waals surface area (Å²) in [5.41, 5.74) is 0.441. The summed E-state index contributed by atoms with van der Waals surface area (Å²) in [6.45, 7) is 4.15. The molecule has 27 heavy (non-hydrogen) atoms. The number of carbonyl (C=O) groups excluding carboxylic acids is 2. The molecule has 0 aliphatic carbocycles. The summed E-state index contributed by atoms with van der Waals surface area (Å²) in [5.74, 6) is -0.812. The second-order valence-electron chi connectivity index (χ2n) is 6.78. The van der Waals surface area contributed by atoms with Crippen LogP contribution in [-0.2, 0) is 16.1 Å². The van der Waals surface area contributed by atoms with Crippen LogP contribution in [0, 0.1) is 5.82 Å². The number of nitrogens with zero attached hydrogens (tertiary/aromatic N) is 3. The molecule has 3 heterocycles. The number of anilines is 1. The highest BCUT2D eigenvalue weighted by Gasteiger charge is 2.43. The van der Waals surface area contributed by atoms with E-state index in [1.54, 1.807) is 11.3 Å². The predicted octanol–water partition coefficient (Wildman–Crippen LogP) is 3.10. The maximum absolute atomic E-state index is 13.1. The molecule has 0 N–H and O–H groups in total. The standard InChI is InChI=1S/C19H19BrFN3O2S/c20-17-6-5-15(27-17)12-22-7-9-23(10-8-22)16-11-18(25)24(19(16)26)14-3-1-13(21)2-4-14/h1-6,16H,7-12H2. The van der Waals surface area contributed by atoms with E-state index in [1.807, 2.05) is 0 Å². The van der Waals surface area contributed by atoms with Crippen molar-refractivity contribution in [1.82, 2.24) is 9.80 Å². The molecule has 2 amide bonds. The van der Waals surface area contributed by atoms with Gasteiger partial charge in [0.25, 0.3) is 5.91 Å². The summed E-state index contributed by atoms with van der Waals surface area (Å²) in [7, 11) is 0. The molecular weight excluding hydrogens is 433 g/mol. The topological polar surface area (TPSA) is 43.9 Å². The van der Waals surface area contributed by atoms with Crippen LogP contribution in [0.5, 0.6) is 0 Å². The number of amides is 2. The Hall–Kier alpha value is -1.61. The maximum atomic E-state index is 13.1. The van der Waals surface area contributed by atoms with Gasteiger partial charge in [-0.15, -0.1) is 11.3 Å². The van der Waals surface area contributed by atoms with Crippen molar-refractivity contribution in [2.75, 3.05) is 31.1 Å². The molecule has 0 bridgehead atoms. The number of benzene rings is 1. The zero-order valence-electron chi connectivity index (χ0n) is 14.6. The monoisotopic (exact) mass is 451 g/mol. The molecule has 0 spiro atoms. The lowest BCUT2D eigenvalue weighted by atomic mass is 10.1. The summed E-state index contributed by atoms with van der Waals surface area (Å²) in [6.07, 6.45) is 0.189. The van der Waals surface area contributed by atoms with Gasteiger partial charge in [-0.3, -0.25) is 19.4 Å². The van der Waals surface area contributed by atoms with Gasteiger partial charge in [0.15, 0.2) is 0 Å². The Morgan fingerprint density at radius 2 is 1.74 bits per heavy atom. The van der Waals surface area contributed by atoms with Crippen molar-refractivity contribution in [3.63, 3.8) is 0 Å². The van der Waals surface area contributed by atoms with Crippen LogP contribution < -0.4 is 4.90 Å². The van der Waals surface area contributed by atoms with E-state index in [9.17, 15) is 14.0 Å². The second-order valence-corrected chi connectivity index (χ2v) is 9.33. The summed E-state index contributed by atoms with van der Waals surface area (Å²) >= 11 is 5.23. The summed E-state index contributed by atoms with van der Waals surface area (Å²) < 4.78 is 14.3. The smallest absolute Gasteiger partial charge is 0.251 e. The molecule has 2 aliphatic heterocycles. The van der Waals surface area contributed by atoms with Gasteiger partial charge in [0.05, 0.1) is 21.9 Å². The molecule has 1 atom stereocenters. The zero-order valence-corrected chi connectivity index (χ0v) is 17.0. The van der Waals surface area contributed by atoms with Crippen LogP contribution in [0.1, 0.15) is 11.3 Å². The quantitative estimate of drug-likeness (QED) is 0.669. The van der Waals surface area contributed by atoms with Crippen LogP contribution in [0.3, 0.4) is 0 Å². The van der Waals surface area contributed by atoms with Crippen LogP contribution in [0.25, 0.3) is 0 Å². The van der Waals surface area contributed by atoms with E-state index < -0.39 is 6.04 Å². The number of thiophene rings is 1. The Kier molecular flexibility index (Phi) is 5.41. The van der Waals surface area contributed by atoms with E-state index in [4.69, 9.17) is 0 Å². The van der Waals surface area contributed by atoms with Gasteiger partial charge in [0.2, 0.25) is 5.91 Å². The first-order valence-electron chi connectivity index (χ1n) is 8.84. The van der Waals surface area contributed by atoms with Gasteiger partial charge in [-0.25, -0.2) is 9.29 Å². The van der Waals surface area contributed by atoms with Crippen LogP contribution >= 0.6 is 27.3 Å². The van der Waals surface area contributed by atoms with Crippen LogP contribution in [0.4, 0.5) is 10.1 Å². The van der Waals surface area contributed by atoms with Crippen molar-refractivity contribution < 1.29 is 14.0 Å². The number of halogens is 2. The molecule has 0 radical (unpaired) electrons. The highest BCUT2D eigenvalue weighted by atomic mass is 79.9. The Morgan fingerprint density at radius 3 is 2.37 bits per heavy atom. The van der Waals surface area contributed by atoms with Gasteiger partial charge in [0.1, 0.15) is 5.82 Å². The highest BCUT2D eigenvalue weighted by molar-refractivity contribution is 9.11. The largest absolute Gasteiger partial charge is 0.296 e. The number of piperazine rings is 1. The second kappa shape index (κ2) is 7.79. The fourth-order valence-corrected chi connectivity index (χ4v) is 5.18. The van der Waals surface area contributed by atoms with Crippen molar-refractivity contribution in [2.24, 2.45) is 0 Å². The van der Waals surface area contributed by atoms with Gasteiger partial charge in [-0.2, -0.15) is 0 Å². The van der Waals surface area contributed by atoms with Gasteiger partial charge < -0.3 is 0 Å². The Morgan fingerprint density at radius 1 is 1.04 bits per heavy atom. The average Bonchev–Trinajstić information content (AvgIpc) is 3.19. The normalized spacial score (nSPS) is 22.0. The third-order valence-electron chi connectivity index (χ3n) is 5.06. The molecule has 1 aromatic carbocycles. The summed E-state index contributed by atoms with van der Waals surface area (Å²) in [5, 5.41) is 0. The first-order chi connectivity index (χ1) is 13.0. The van der Waals surface area contributed by atoms with Crippen LogP contribution in [0.15, 0.2) is 40.2 Å². The Labute approximate surface area is 169 Å². The fraction of sp³-hybridized carbons (Fsp3) is 0.368. The Bertz CT molecular complexity index is 849. The first kappa shape index (κ1) is 18.7. The van der Waals surface area contributed by atoms with E-state index in [1.165, 1.54) is 34.0 Å². The van der Waals surface area contributed by atoms with E-state index in [2.05, 4.69) is 37.9 Å². The molecule has 2 fully saturated rings. The average molecular weight is 452 g/mol. The molecule has 2 aromatic rings. The van der Waals surface area contributed by atoms with E-state index in [0.29, 0.717) is 5.69 Å². The van der Waals surface area contributed by atoms with Crippen LogP contribution in [0.2, 0.25) is 0 Å². The summed E-state index contributed by atoms with van der Waals surface area (Å²) in [4.78, 5) is 32.2. The van der Waals surface area contributed by atoms with E-state index in [-0.39, 0.29) is 24.1 Å². The first-order valence-corrected chi connectivity index (χ1v) is 10.5. The molecule has 2 aliphatic rings.